The summed E-state index contributed by atoms with van der Waals surface area (Å²) in [5, 5.41) is 0. The molecule has 0 unspecified atom stereocenters. The molecular weight excluding hydrogens is 539 g/mol. The van der Waals surface area contributed by atoms with E-state index in [9.17, 15) is 4.79 Å². The highest BCUT2D eigenvalue weighted by atomic mass is 35.5. The first kappa shape index (κ1) is 32.1. The zero-order valence-corrected chi connectivity index (χ0v) is 25.4. The highest BCUT2D eigenvalue weighted by Gasteiger charge is 2.20. The van der Waals surface area contributed by atoms with Crippen molar-refractivity contribution in [1.29, 1.82) is 0 Å². The number of fused-ring (bicyclic) bond motifs is 1. The predicted octanol–water partition coefficient (Wildman–Crippen LogP) is 7.40. The Kier molecular flexibility index (Phi) is 13.0. The summed E-state index contributed by atoms with van der Waals surface area (Å²) in [7, 11) is 1.72. The summed E-state index contributed by atoms with van der Waals surface area (Å²) in [5.74, 6) is 1.99. The molecule has 2 heterocycles. The maximum Gasteiger partial charge on any atom is 0.162 e. The van der Waals surface area contributed by atoms with Crippen LogP contribution < -0.4 is 4.74 Å². The number of Topliss-reactive ketones (excluding diaryl/α,β-unsaturated/α-hetero) is 1. The Balaban J connectivity index is 0.00000220. The van der Waals surface area contributed by atoms with Crippen LogP contribution in [0.5, 0.6) is 5.75 Å². The summed E-state index contributed by atoms with van der Waals surface area (Å²) in [6.07, 6.45) is 7.39. The van der Waals surface area contributed by atoms with Gasteiger partial charge in [-0.05, 0) is 98.0 Å². The predicted molar refractivity (Wildman–Crippen MR) is 169 cm³/mol. The molecule has 0 aromatic heterocycles. The van der Waals surface area contributed by atoms with Crippen molar-refractivity contribution in [2.24, 2.45) is 5.92 Å². The standard InChI is InChI=1S/C34H42N2O2.2ClH/c1-38-33-11-5-10-29(23-33)26-35-19-15-27(16-20-35)9-6-12-34(37)32-14-13-30-17-21-36(22-18-31(30)24-32)25-28-7-3-2-4-8-28;;/h2-5,7-8,10-11,13-14,23-24,27H,6,9,12,15-22,25-26H2,1H3;2*1H. The molecule has 216 valence electrons. The molecule has 2 aliphatic rings. The van der Waals surface area contributed by atoms with Crippen molar-refractivity contribution in [1.82, 2.24) is 9.80 Å². The van der Waals surface area contributed by atoms with Crippen LogP contribution in [-0.2, 0) is 25.9 Å². The van der Waals surface area contributed by atoms with Gasteiger partial charge in [-0.15, -0.1) is 24.8 Å². The zero-order chi connectivity index (χ0) is 26.2. The molecule has 1 fully saturated rings. The molecule has 3 aromatic carbocycles. The van der Waals surface area contributed by atoms with Crippen molar-refractivity contribution in [2.45, 2.75) is 58.0 Å². The van der Waals surface area contributed by atoms with Crippen molar-refractivity contribution < 1.29 is 9.53 Å². The van der Waals surface area contributed by atoms with E-state index >= 15 is 0 Å². The average molecular weight is 584 g/mol. The molecule has 5 rings (SSSR count). The molecule has 0 bridgehead atoms. The van der Waals surface area contributed by atoms with Gasteiger partial charge in [-0.25, -0.2) is 0 Å². The second-order valence-electron chi connectivity index (χ2n) is 11.1. The molecule has 6 heteroatoms. The molecule has 3 aromatic rings. The Hall–Kier alpha value is -2.37. The van der Waals surface area contributed by atoms with E-state index < -0.39 is 0 Å². The van der Waals surface area contributed by atoms with Crippen molar-refractivity contribution in [2.75, 3.05) is 33.3 Å². The van der Waals surface area contributed by atoms with Crippen LogP contribution in [0.2, 0.25) is 0 Å². The Morgan fingerprint density at radius 1 is 0.775 bits per heavy atom. The second kappa shape index (κ2) is 16.2. The summed E-state index contributed by atoms with van der Waals surface area (Å²) >= 11 is 0. The molecule has 0 aliphatic carbocycles. The second-order valence-corrected chi connectivity index (χ2v) is 11.1. The maximum atomic E-state index is 13.0. The average Bonchev–Trinajstić information content (AvgIpc) is 3.16. The van der Waals surface area contributed by atoms with E-state index in [1.807, 2.05) is 6.07 Å². The fourth-order valence-corrected chi connectivity index (χ4v) is 6.10. The summed E-state index contributed by atoms with van der Waals surface area (Å²) in [4.78, 5) is 18.1. The molecule has 0 amide bonds. The lowest BCUT2D eigenvalue weighted by molar-refractivity contribution is 0.0974. The van der Waals surface area contributed by atoms with E-state index in [0.717, 1.165) is 82.2 Å². The van der Waals surface area contributed by atoms with Gasteiger partial charge in [0.05, 0.1) is 7.11 Å². The minimum atomic E-state index is 0. The van der Waals surface area contributed by atoms with Gasteiger partial charge in [-0.1, -0.05) is 54.6 Å². The largest absolute Gasteiger partial charge is 0.497 e. The number of methoxy groups -OCH3 is 1. The van der Waals surface area contributed by atoms with E-state index in [1.54, 1.807) is 7.11 Å². The van der Waals surface area contributed by atoms with Gasteiger partial charge in [0, 0.05) is 38.2 Å². The van der Waals surface area contributed by atoms with Crippen LogP contribution in [0.25, 0.3) is 0 Å². The molecule has 0 atom stereocenters. The van der Waals surface area contributed by atoms with Gasteiger partial charge >= 0.3 is 0 Å². The van der Waals surface area contributed by atoms with Crippen molar-refractivity contribution in [3.8, 4) is 5.75 Å². The van der Waals surface area contributed by atoms with Crippen LogP contribution in [0.4, 0.5) is 0 Å². The van der Waals surface area contributed by atoms with Crippen LogP contribution in [0.3, 0.4) is 0 Å². The number of halogens is 2. The van der Waals surface area contributed by atoms with E-state index in [-0.39, 0.29) is 24.8 Å². The number of ether oxygens (including phenoxy) is 1. The number of rotatable bonds is 10. The molecule has 1 saturated heterocycles. The quantitative estimate of drug-likeness (QED) is 0.233. The van der Waals surface area contributed by atoms with Gasteiger partial charge in [-0.3, -0.25) is 14.6 Å². The third-order valence-electron chi connectivity index (χ3n) is 8.44. The van der Waals surface area contributed by atoms with E-state index in [2.05, 4.69) is 76.5 Å². The number of ketones is 1. The summed E-state index contributed by atoms with van der Waals surface area (Å²) in [6.45, 7) is 6.40. The maximum absolute atomic E-state index is 13.0. The molecular formula is C34H44Cl2N2O2. The Morgan fingerprint density at radius 2 is 1.45 bits per heavy atom. The highest BCUT2D eigenvalue weighted by molar-refractivity contribution is 5.96. The van der Waals surface area contributed by atoms with Crippen molar-refractivity contribution in [3.63, 3.8) is 0 Å². The van der Waals surface area contributed by atoms with E-state index in [1.165, 1.54) is 35.1 Å². The number of likely N-dealkylation sites (tertiary alicyclic amines) is 1. The first-order valence-electron chi connectivity index (χ1n) is 14.4. The highest BCUT2D eigenvalue weighted by Crippen LogP contribution is 2.26. The molecule has 4 nitrogen and oxygen atoms in total. The summed E-state index contributed by atoms with van der Waals surface area (Å²) < 4.78 is 5.37. The van der Waals surface area contributed by atoms with Gasteiger partial charge in [0.2, 0.25) is 0 Å². The van der Waals surface area contributed by atoms with Crippen LogP contribution in [-0.4, -0.2) is 48.9 Å². The van der Waals surface area contributed by atoms with Gasteiger partial charge in [-0.2, -0.15) is 0 Å². The Bertz CT molecular complexity index is 1200. The number of piperidine rings is 1. The number of hydrogen-bond donors (Lipinski definition) is 0. The normalized spacial score (nSPS) is 16.2. The first-order valence-corrected chi connectivity index (χ1v) is 14.4. The van der Waals surface area contributed by atoms with Crippen molar-refractivity contribution >= 4 is 30.6 Å². The Morgan fingerprint density at radius 3 is 2.20 bits per heavy atom. The number of benzene rings is 3. The Labute approximate surface area is 252 Å². The molecule has 0 radical (unpaired) electrons. The number of hydrogen-bond acceptors (Lipinski definition) is 4. The van der Waals surface area contributed by atoms with Gasteiger partial charge < -0.3 is 4.74 Å². The molecule has 0 saturated carbocycles. The van der Waals surface area contributed by atoms with Gasteiger partial charge in [0.25, 0.3) is 0 Å². The van der Waals surface area contributed by atoms with E-state index in [0.29, 0.717) is 12.2 Å². The zero-order valence-electron chi connectivity index (χ0n) is 23.7. The molecule has 40 heavy (non-hydrogen) atoms. The van der Waals surface area contributed by atoms with Gasteiger partial charge in [0.15, 0.2) is 5.78 Å². The van der Waals surface area contributed by atoms with Gasteiger partial charge in [0.1, 0.15) is 5.75 Å². The lowest BCUT2D eigenvalue weighted by Gasteiger charge is -2.32. The number of nitrogens with zero attached hydrogens (tertiary/aromatic N) is 2. The summed E-state index contributed by atoms with van der Waals surface area (Å²) in [6, 6.07) is 25.6. The third-order valence-corrected chi connectivity index (χ3v) is 8.44. The minimum absolute atomic E-state index is 0. The molecule has 2 aliphatic heterocycles. The van der Waals surface area contributed by atoms with Crippen LogP contribution in [0.15, 0.2) is 72.8 Å². The lowest BCUT2D eigenvalue weighted by atomic mass is 9.90. The number of carbonyl (C=O) groups excluding carboxylic acids is 1. The number of carbonyl (C=O) groups is 1. The van der Waals surface area contributed by atoms with E-state index in [4.69, 9.17) is 4.74 Å². The fourth-order valence-electron chi connectivity index (χ4n) is 6.10. The SMILES string of the molecule is COc1cccc(CN2CCC(CCCC(=O)c3ccc4c(c3)CCN(Cc3ccccc3)CC4)CC2)c1.Cl.Cl. The minimum Gasteiger partial charge on any atom is -0.497 e. The fraction of sp³-hybridized carbons (Fsp3) is 0.441. The van der Waals surface area contributed by atoms with Crippen LogP contribution in [0, 0.1) is 5.92 Å². The molecule has 0 N–H and O–H groups in total. The first-order chi connectivity index (χ1) is 18.7. The van der Waals surface area contributed by atoms with Crippen LogP contribution in [0.1, 0.15) is 64.7 Å². The smallest absolute Gasteiger partial charge is 0.162 e. The lowest BCUT2D eigenvalue weighted by Crippen LogP contribution is -2.33. The third kappa shape index (κ3) is 9.07. The summed E-state index contributed by atoms with van der Waals surface area (Å²) in [5.41, 5.74) is 6.39. The van der Waals surface area contributed by atoms with Crippen molar-refractivity contribution in [3.05, 3.63) is 101 Å². The monoisotopic (exact) mass is 582 g/mol. The topological polar surface area (TPSA) is 32.8 Å². The molecule has 0 spiro atoms. The van der Waals surface area contributed by atoms with Crippen LogP contribution >= 0.6 is 24.8 Å².